The number of rotatable bonds is 15. The van der Waals surface area contributed by atoms with E-state index in [9.17, 15) is 9.59 Å². The molecule has 0 bridgehead atoms. The predicted octanol–water partition coefficient (Wildman–Crippen LogP) is 6.45. The zero-order chi connectivity index (χ0) is 41.3. The average Bonchev–Trinajstić information content (AvgIpc) is 3.74. The van der Waals surface area contributed by atoms with Gasteiger partial charge >= 0.3 is 0 Å². The Morgan fingerprint density at radius 2 is 1.07 bits per heavy atom. The fourth-order valence-electron chi connectivity index (χ4n) is 5.85. The Hall–Kier alpha value is -4.84. The van der Waals surface area contributed by atoms with Crippen LogP contribution < -0.4 is 31.3 Å². The molecule has 0 aliphatic carbocycles. The van der Waals surface area contributed by atoms with Crippen LogP contribution in [0.5, 0.6) is 0 Å². The second-order valence-electron chi connectivity index (χ2n) is 13.5. The molecule has 6 rings (SSSR count). The van der Waals surface area contributed by atoms with Crippen molar-refractivity contribution >= 4 is 93.2 Å². The minimum absolute atomic E-state index is 0.0205. The minimum Gasteiger partial charge on any atom is -0.377 e. The van der Waals surface area contributed by atoms with E-state index in [0.717, 1.165) is 11.4 Å². The van der Waals surface area contributed by atoms with E-state index in [-0.39, 0.29) is 23.7 Å². The van der Waals surface area contributed by atoms with Crippen molar-refractivity contribution in [2.45, 2.75) is 27.7 Å². The topological polar surface area (TPSA) is 183 Å². The molecule has 0 saturated carbocycles. The fourth-order valence-corrected chi connectivity index (χ4v) is 6.44. The number of carbonyl (C=O) groups is 2. The highest BCUT2D eigenvalue weighted by molar-refractivity contribution is 6.42. The molecule has 4 N–H and O–H groups in total. The molecule has 2 atom stereocenters. The molecule has 58 heavy (non-hydrogen) atoms. The van der Waals surface area contributed by atoms with E-state index in [2.05, 4.69) is 51.4 Å². The van der Waals surface area contributed by atoms with Crippen LogP contribution in [0.4, 0.5) is 23.3 Å². The number of hydrazone groups is 2. The summed E-state index contributed by atoms with van der Waals surface area (Å²) in [7, 11) is 0. The number of hydrogen-bond acceptors (Lipinski definition) is 14. The molecule has 0 spiro atoms. The standard InChI is InChI=1S/C38H42Cl4N12O4/c1-21-19-53(25-5-7-29(39)31(41)15-25)51-33(21)49-35(55)27-17-45-37(47-23(27)3)43-9-11-57-13-14-58-12-10-44-38-46-18-28(24(4)48-38)36(56)50-34-22(2)20-54(52-34)26-6-8-30(40)32(42)16-26/h5-8,15-18,21-22H,9-14,19-20H2,1-4H3,(H,43,45,47)(H,44,46,48)(H,49,51,55)(H,50,52,56)/t21-,22-/m0/s1. The summed E-state index contributed by atoms with van der Waals surface area (Å²) in [6.07, 6.45) is 2.97. The SMILES string of the molecule is Cc1nc(NCCOCCOCCNc2ncc(C(=O)NC3=NN(c4ccc(Cl)c(Cl)c4)C[C@@H]3C)c(C)n2)ncc1C(=O)NC1=NN(c2ccc(Cl)c(Cl)c2)C[C@@H]1C. The Kier molecular flexibility index (Phi) is 14.6. The van der Waals surface area contributed by atoms with E-state index >= 15 is 0 Å². The van der Waals surface area contributed by atoms with Crippen LogP contribution in [0.3, 0.4) is 0 Å². The molecule has 0 saturated heterocycles. The van der Waals surface area contributed by atoms with Gasteiger partial charge in [0.15, 0.2) is 0 Å². The normalized spacial score (nSPS) is 16.3. The molecule has 0 fully saturated rings. The van der Waals surface area contributed by atoms with Gasteiger partial charge in [-0.25, -0.2) is 19.9 Å². The first-order chi connectivity index (χ1) is 27.9. The van der Waals surface area contributed by atoms with Crippen molar-refractivity contribution in [1.82, 2.24) is 30.6 Å². The Balaban J connectivity index is 0.843. The molecule has 2 aromatic carbocycles. The number of carbonyl (C=O) groups excluding carboxylic acids is 2. The summed E-state index contributed by atoms with van der Waals surface area (Å²) >= 11 is 24.4. The quantitative estimate of drug-likeness (QED) is 0.0960. The third kappa shape index (κ3) is 11.0. The molecule has 306 valence electrons. The molecule has 2 aromatic heterocycles. The van der Waals surface area contributed by atoms with Crippen LogP contribution >= 0.6 is 46.4 Å². The van der Waals surface area contributed by atoms with Crippen molar-refractivity contribution in [2.75, 3.05) is 73.3 Å². The highest BCUT2D eigenvalue weighted by atomic mass is 35.5. The van der Waals surface area contributed by atoms with Gasteiger partial charge in [0.05, 0.1) is 93.5 Å². The maximum absolute atomic E-state index is 13.1. The summed E-state index contributed by atoms with van der Waals surface area (Å²) in [6, 6.07) is 10.5. The van der Waals surface area contributed by atoms with Gasteiger partial charge in [-0.2, -0.15) is 10.2 Å². The van der Waals surface area contributed by atoms with Crippen molar-refractivity contribution in [3.05, 3.63) is 91.4 Å². The van der Waals surface area contributed by atoms with Crippen LogP contribution in [0.2, 0.25) is 20.1 Å². The molecule has 16 nitrogen and oxygen atoms in total. The van der Waals surface area contributed by atoms with Crippen molar-refractivity contribution in [3.8, 4) is 0 Å². The summed E-state index contributed by atoms with van der Waals surface area (Å²) in [5.41, 5.74) is 3.29. The Morgan fingerprint density at radius 1 is 0.655 bits per heavy atom. The number of amides is 2. The van der Waals surface area contributed by atoms with Gasteiger partial charge in [0.1, 0.15) is 11.7 Å². The van der Waals surface area contributed by atoms with Crippen molar-refractivity contribution < 1.29 is 19.1 Å². The van der Waals surface area contributed by atoms with Crippen molar-refractivity contribution in [3.63, 3.8) is 0 Å². The van der Waals surface area contributed by atoms with Gasteiger partial charge in [-0.05, 0) is 50.2 Å². The first-order valence-corrected chi connectivity index (χ1v) is 19.9. The largest absolute Gasteiger partial charge is 0.377 e. The van der Waals surface area contributed by atoms with Gasteiger partial charge in [-0.3, -0.25) is 19.6 Å². The summed E-state index contributed by atoms with van der Waals surface area (Å²) in [5, 5.41) is 26.5. The summed E-state index contributed by atoms with van der Waals surface area (Å²) in [5.74, 6) is 1.11. The van der Waals surface area contributed by atoms with Crippen LogP contribution in [-0.4, -0.2) is 96.0 Å². The summed E-state index contributed by atoms with van der Waals surface area (Å²) in [6.45, 7) is 11.1. The lowest BCUT2D eigenvalue weighted by molar-refractivity contribution is 0.0556. The lowest BCUT2D eigenvalue weighted by atomic mass is 10.1. The molecule has 2 aliphatic heterocycles. The Labute approximate surface area is 355 Å². The average molecular weight is 873 g/mol. The van der Waals surface area contributed by atoms with E-state index < -0.39 is 0 Å². The molecule has 0 unspecified atom stereocenters. The number of aromatic nitrogens is 4. The lowest BCUT2D eigenvalue weighted by Crippen LogP contribution is -2.34. The van der Waals surface area contributed by atoms with Crippen LogP contribution in [0.25, 0.3) is 0 Å². The molecule has 2 amide bonds. The number of ether oxygens (including phenoxy) is 2. The highest BCUT2D eigenvalue weighted by Crippen LogP contribution is 2.31. The number of hydrogen-bond donors (Lipinski definition) is 4. The predicted molar refractivity (Wildman–Crippen MR) is 228 cm³/mol. The lowest BCUT2D eigenvalue weighted by Gasteiger charge is -2.14. The molecule has 4 heterocycles. The number of amidine groups is 2. The first-order valence-electron chi connectivity index (χ1n) is 18.4. The first kappa shape index (κ1) is 42.8. The number of halogens is 4. The van der Waals surface area contributed by atoms with E-state index in [1.54, 1.807) is 48.1 Å². The Bertz CT molecular complexity index is 2060. The zero-order valence-corrected chi connectivity index (χ0v) is 35.2. The van der Waals surface area contributed by atoms with Gasteiger partial charge < -0.3 is 30.7 Å². The van der Waals surface area contributed by atoms with Gasteiger partial charge in [0.25, 0.3) is 11.8 Å². The minimum atomic E-state index is -0.342. The van der Waals surface area contributed by atoms with Crippen LogP contribution in [0.15, 0.2) is 59.0 Å². The number of benzene rings is 2. The van der Waals surface area contributed by atoms with Gasteiger partial charge in [0, 0.05) is 37.3 Å². The second-order valence-corrected chi connectivity index (χ2v) is 15.1. The second kappa shape index (κ2) is 19.7. The Morgan fingerprint density at radius 3 is 1.45 bits per heavy atom. The highest BCUT2D eigenvalue weighted by Gasteiger charge is 2.28. The maximum atomic E-state index is 13.1. The zero-order valence-electron chi connectivity index (χ0n) is 32.2. The van der Waals surface area contributed by atoms with Crippen LogP contribution in [0.1, 0.15) is 46.0 Å². The summed E-state index contributed by atoms with van der Waals surface area (Å²) < 4.78 is 11.3. The molecular formula is C38H42Cl4N12O4. The monoisotopic (exact) mass is 870 g/mol. The molecule has 20 heteroatoms. The van der Waals surface area contributed by atoms with Crippen molar-refractivity contribution in [1.29, 1.82) is 0 Å². The third-order valence-corrected chi connectivity index (χ3v) is 10.5. The molecule has 2 aliphatic rings. The van der Waals surface area contributed by atoms with Gasteiger partial charge in [-0.15, -0.1) is 0 Å². The third-order valence-electron chi connectivity index (χ3n) is 9.05. The van der Waals surface area contributed by atoms with E-state index in [1.807, 2.05) is 26.0 Å². The van der Waals surface area contributed by atoms with Gasteiger partial charge in [0.2, 0.25) is 11.9 Å². The number of aryl methyl sites for hydroxylation is 2. The fraction of sp³-hybridized carbons (Fsp3) is 0.368. The number of nitrogens with one attached hydrogen (secondary N) is 4. The molecule has 0 radical (unpaired) electrons. The molecular weight excluding hydrogens is 830 g/mol. The van der Waals surface area contributed by atoms with Crippen LogP contribution in [-0.2, 0) is 9.47 Å². The number of anilines is 4. The van der Waals surface area contributed by atoms with Crippen LogP contribution in [0, 0.1) is 25.7 Å². The van der Waals surface area contributed by atoms with Crippen molar-refractivity contribution in [2.24, 2.45) is 22.0 Å². The van der Waals surface area contributed by atoms with Gasteiger partial charge in [-0.1, -0.05) is 60.3 Å². The smallest absolute Gasteiger partial charge is 0.260 e. The number of nitrogens with zero attached hydrogens (tertiary/aromatic N) is 8. The van der Waals surface area contributed by atoms with E-state index in [1.165, 1.54) is 12.4 Å². The van der Waals surface area contributed by atoms with E-state index in [4.69, 9.17) is 55.9 Å². The summed E-state index contributed by atoms with van der Waals surface area (Å²) in [4.78, 5) is 43.6. The van der Waals surface area contributed by atoms with E-state index in [0.29, 0.717) is 119 Å². The maximum Gasteiger partial charge on any atom is 0.260 e. The molecule has 4 aromatic rings.